The summed E-state index contributed by atoms with van der Waals surface area (Å²) in [6, 6.07) is 0.776. The fourth-order valence-corrected chi connectivity index (χ4v) is 2.35. The smallest absolute Gasteiger partial charge is 0.0598 e. The van der Waals surface area contributed by atoms with Crippen molar-refractivity contribution in [1.82, 2.24) is 5.32 Å². The van der Waals surface area contributed by atoms with Crippen LogP contribution in [-0.4, -0.2) is 25.3 Å². The van der Waals surface area contributed by atoms with E-state index in [1.54, 1.807) is 0 Å². The molecule has 90 valence electrons. The van der Waals surface area contributed by atoms with E-state index in [0.29, 0.717) is 0 Å². The molecule has 0 spiro atoms. The van der Waals surface area contributed by atoms with Crippen LogP contribution in [0, 0.1) is 5.92 Å². The van der Waals surface area contributed by atoms with E-state index in [2.05, 4.69) is 33.1 Å². The largest absolute Gasteiger partial charge is 0.376 e. The van der Waals surface area contributed by atoms with Crippen LogP contribution in [0.5, 0.6) is 0 Å². The summed E-state index contributed by atoms with van der Waals surface area (Å²) < 4.78 is 5.73. The maximum Gasteiger partial charge on any atom is 0.0598 e. The number of hydrogen-bond donors (Lipinski definition) is 1. The van der Waals surface area contributed by atoms with Gasteiger partial charge in [0.15, 0.2) is 0 Å². The van der Waals surface area contributed by atoms with Gasteiger partial charge in [0.2, 0.25) is 0 Å². The monoisotopic (exact) mass is 213 g/mol. The lowest BCUT2D eigenvalue weighted by atomic mass is 10.0. The van der Waals surface area contributed by atoms with Crippen LogP contribution in [0.2, 0.25) is 0 Å². The van der Waals surface area contributed by atoms with Gasteiger partial charge in [-0.3, -0.25) is 0 Å². The van der Waals surface area contributed by atoms with Gasteiger partial charge in [0.05, 0.1) is 5.60 Å². The highest BCUT2D eigenvalue weighted by Gasteiger charge is 2.22. The summed E-state index contributed by atoms with van der Waals surface area (Å²) in [7, 11) is 2.08. The minimum atomic E-state index is 0.0309. The Morgan fingerprint density at radius 2 is 2.00 bits per heavy atom. The summed E-state index contributed by atoms with van der Waals surface area (Å²) in [6.07, 6.45) is 6.70. The van der Waals surface area contributed by atoms with Crippen LogP contribution in [0.1, 0.15) is 52.9 Å². The molecule has 1 fully saturated rings. The zero-order valence-electron chi connectivity index (χ0n) is 10.8. The number of ether oxygens (including phenoxy) is 1. The lowest BCUT2D eigenvalue weighted by molar-refractivity contribution is -0.00585. The predicted octanol–water partition coefficient (Wildman–Crippen LogP) is 2.97. The lowest BCUT2D eigenvalue weighted by Gasteiger charge is -2.20. The molecule has 0 amide bonds. The van der Waals surface area contributed by atoms with Crippen LogP contribution in [0.15, 0.2) is 0 Å². The third kappa shape index (κ3) is 5.53. The summed E-state index contributed by atoms with van der Waals surface area (Å²) in [6.45, 7) is 7.29. The molecule has 0 bridgehead atoms. The van der Waals surface area contributed by atoms with Crippen LogP contribution < -0.4 is 5.32 Å². The first-order valence-electron chi connectivity index (χ1n) is 6.32. The summed E-state index contributed by atoms with van der Waals surface area (Å²) >= 11 is 0. The van der Waals surface area contributed by atoms with Gasteiger partial charge in [-0.1, -0.05) is 0 Å². The topological polar surface area (TPSA) is 21.3 Å². The fraction of sp³-hybridized carbons (Fsp3) is 1.00. The van der Waals surface area contributed by atoms with Crippen molar-refractivity contribution in [1.29, 1.82) is 0 Å². The molecule has 2 atom stereocenters. The SMILES string of the molecule is CN[C@H]1CCC(CCCOC(C)(C)C)C1. The van der Waals surface area contributed by atoms with Gasteiger partial charge < -0.3 is 10.1 Å². The average Bonchev–Trinajstić information content (AvgIpc) is 2.59. The second kappa shape index (κ2) is 5.86. The van der Waals surface area contributed by atoms with Crippen LogP contribution in [0.4, 0.5) is 0 Å². The number of rotatable bonds is 5. The van der Waals surface area contributed by atoms with Crippen molar-refractivity contribution in [3.63, 3.8) is 0 Å². The highest BCUT2D eigenvalue weighted by atomic mass is 16.5. The second-order valence-corrected chi connectivity index (χ2v) is 5.77. The van der Waals surface area contributed by atoms with Gasteiger partial charge in [0, 0.05) is 12.6 Å². The van der Waals surface area contributed by atoms with E-state index in [0.717, 1.165) is 18.6 Å². The summed E-state index contributed by atoms with van der Waals surface area (Å²) in [5, 5.41) is 3.38. The Morgan fingerprint density at radius 1 is 1.27 bits per heavy atom. The third-order valence-electron chi connectivity index (χ3n) is 3.24. The van der Waals surface area contributed by atoms with Gasteiger partial charge in [0.1, 0.15) is 0 Å². The molecule has 2 heteroatoms. The first kappa shape index (κ1) is 13.0. The Morgan fingerprint density at radius 3 is 2.53 bits per heavy atom. The van der Waals surface area contributed by atoms with Gasteiger partial charge in [-0.05, 0) is 65.8 Å². The first-order chi connectivity index (χ1) is 7.01. The lowest BCUT2D eigenvalue weighted by Crippen LogP contribution is -2.21. The number of nitrogens with one attached hydrogen (secondary N) is 1. The standard InChI is InChI=1S/C13H27NO/c1-13(2,3)15-9-5-6-11-7-8-12(10-11)14-4/h11-12,14H,5-10H2,1-4H3/t11?,12-/m0/s1. The zero-order chi connectivity index (χ0) is 11.3. The first-order valence-corrected chi connectivity index (χ1v) is 6.32. The van der Waals surface area contributed by atoms with Crippen molar-refractivity contribution in [2.75, 3.05) is 13.7 Å². The molecule has 2 nitrogen and oxygen atoms in total. The van der Waals surface area contributed by atoms with Crippen molar-refractivity contribution in [3.8, 4) is 0 Å². The second-order valence-electron chi connectivity index (χ2n) is 5.77. The quantitative estimate of drug-likeness (QED) is 0.709. The third-order valence-corrected chi connectivity index (χ3v) is 3.24. The molecule has 1 aliphatic rings. The Bertz CT molecular complexity index is 174. The molecule has 0 aliphatic heterocycles. The van der Waals surface area contributed by atoms with Crippen molar-refractivity contribution >= 4 is 0 Å². The zero-order valence-corrected chi connectivity index (χ0v) is 10.8. The predicted molar refractivity (Wildman–Crippen MR) is 65.1 cm³/mol. The van der Waals surface area contributed by atoms with Gasteiger partial charge >= 0.3 is 0 Å². The molecule has 0 aromatic heterocycles. The van der Waals surface area contributed by atoms with Gasteiger partial charge in [0.25, 0.3) is 0 Å². The molecule has 0 radical (unpaired) electrons. The van der Waals surface area contributed by atoms with E-state index < -0.39 is 0 Å². The molecule has 0 aromatic carbocycles. The number of hydrogen-bond acceptors (Lipinski definition) is 2. The molecular formula is C13H27NO. The molecule has 0 aromatic rings. The molecule has 0 saturated heterocycles. The molecule has 0 heterocycles. The summed E-state index contributed by atoms with van der Waals surface area (Å²) in [4.78, 5) is 0. The highest BCUT2D eigenvalue weighted by Crippen LogP contribution is 2.29. The van der Waals surface area contributed by atoms with Crippen molar-refractivity contribution in [2.45, 2.75) is 64.5 Å². The van der Waals surface area contributed by atoms with Crippen LogP contribution >= 0.6 is 0 Å². The maximum absolute atomic E-state index is 5.73. The van der Waals surface area contributed by atoms with E-state index in [4.69, 9.17) is 4.74 Å². The molecule has 15 heavy (non-hydrogen) atoms. The minimum Gasteiger partial charge on any atom is -0.376 e. The van der Waals surface area contributed by atoms with E-state index in [1.807, 2.05) is 0 Å². The Labute approximate surface area is 94.8 Å². The highest BCUT2D eigenvalue weighted by molar-refractivity contribution is 4.79. The van der Waals surface area contributed by atoms with Crippen LogP contribution in [-0.2, 0) is 4.74 Å². The molecule has 1 N–H and O–H groups in total. The van der Waals surface area contributed by atoms with E-state index in [1.165, 1.54) is 32.1 Å². The van der Waals surface area contributed by atoms with E-state index >= 15 is 0 Å². The molecule has 1 saturated carbocycles. The Balaban J connectivity index is 2.02. The van der Waals surface area contributed by atoms with Gasteiger partial charge in [-0.15, -0.1) is 0 Å². The van der Waals surface area contributed by atoms with E-state index in [-0.39, 0.29) is 5.60 Å². The van der Waals surface area contributed by atoms with Gasteiger partial charge in [-0.2, -0.15) is 0 Å². The normalized spacial score (nSPS) is 27.2. The maximum atomic E-state index is 5.73. The van der Waals surface area contributed by atoms with Gasteiger partial charge in [-0.25, -0.2) is 0 Å². The fourth-order valence-electron chi connectivity index (χ4n) is 2.35. The van der Waals surface area contributed by atoms with Crippen molar-refractivity contribution in [3.05, 3.63) is 0 Å². The summed E-state index contributed by atoms with van der Waals surface area (Å²) in [5.74, 6) is 0.936. The Hall–Kier alpha value is -0.0800. The van der Waals surface area contributed by atoms with Crippen LogP contribution in [0.3, 0.4) is 0 Å². The molecule has 1 rings (SSSR count). The van der Waals surface area contributed by atoms with E-state index in [9.17, 15) is 0 Å². The van der Waals surface area contributed by atoms with Crippen molar-refractivity contribution < 1.29 is 4.74 Å². The minimum absolute atomic E-state index is 0.0309. The van der Waals surface area contributed by atoms with Crippen molar-refractivity contribution in [2.24, 2.45) is 5.92 Å². The Kier molecular flexibility index (Phi) is 5.07. The molecular weight excluding hydrogens is 186 g/mol. The summed E-state index contributed by atoms with van der Waals surface area (Å²) in [5.41, 5.74) is 0.0309. The average molecular weight is 213 g/mol. The van der Waals surface area contributed by atoms with Crippen LogP contribution in [0.25, 0.3) is 0 Å². The molecule has 1 aliphatic carbocycles. The molecule has 1 unspecified atom stereocenters.